The maximum Gasteiger partial charge on any atom is 0.317 e. The maximum atomic E-state index is 12.4. The van der Waals surface area contributed by atoms with Crippen LogP contribution in [0.15, 0.2) is 18.2 Å². The van der Waals surface area contributed by atoms with Crippen LogP contribution in [0, 0.1) is 6.92 Å². The number of carbonyl (C=O) groups is 2. The lowest BCUT2D eigenvalue weighted by atomic mass is 10.1. The van der Waals surface area contributed by atoms with Crippen LogP contribution in [0.5, 0.6) is 0 Å². The van der Waals surface area contributed by atoms with Crippen LogP contribution in [-0.4, -0.2) is 59.5 Å². The van der Waals surface area contributed by atoms with Gasteiger partial charge in [0.1, 0.15) is 0 Å². The summed E-state index contributed by atoms with van der Waals surface area (Å²) in [5.74, 6) is -0.879. The van der Waals surface area contributed by atoms with Crippen LogP contribution < -0.4 is 0 Å². The number of hydrogen-bond acceptors (Lipinski definition) is 3. The molecule has 1 fully saturated rings. The number of halogens is 1. The largest absolute Gasteiger partial charge is 0.480 e. The molecular weight excluding hydrogens is 280 g/mol. The summed E-state index contributed by atoms with van der Waals surface area (Å²) in [5.41, 5.74) is 1.40. The van der Waals surface area contributed by atoms with Gasteiger partial charge >= 0.3 is 5.97 Å². The van der Waals surface area contributed by atoms with Crippen molar-refractivity contribution >= 4 is 23.5 Å². The smallest absolute Gasteiger partial charge is 0.317 e. The lowest BCUT2D eigenvalue weighted by Crippen LogP contribution is -2.50. The Kier molecular flexibility index (Phi) is 4.62. The van der Waals surface area contributed by atoms with Gasteiger partial charge in [0, 0.05) is 36.8 Å². The summed E-state index contributed by atoms with van der Waals surface area (Å²) in [6.45, 7) is 4.10. The molecule has 1 saturated heterocycles. The molecule has 6 heteroatoms. The van der Waals surface area contributed by atoms with E-state index in [2.05, 4.69) is 0 Å². The summed E-state index contributed by atoms with van der Waals surface area (Å²) in [7, 11) is 0. The number of carboxylic acids is 1. The number of aliphatic carboxylic acids is 1. The Bertz CT molecular complexity index is 525. The number of hydrogen-bond donors (Lipinski definition) is 1. The average molecular weight is 297 g/mol. The highest BCUT2D eigenvalue weighted by Gasteiger charge is 2.24. The van der Waals surface area contributed by atoms with E-state index in [1.165, 1.54) is 0 Å². The molecule has 0 bridgehead atoms. The fraction of sp³-hybridized carbons (Fsp3) is 0.429. The molecule has 0 atom stereocenters. The monoisotopic (exact) mass is 296 g/mol. The van der Waals surface area contributed by atoms with Crippen LogP contribution in [0.3, 0.4) is 0 Å². The van der Waals surface area contributed by atoms with Crippen molar-refractivity contribution in [2.75, 3.05) is 32.7 Å². The van der Waals surface area contributed by atoms with Crippen LogP contribution in [0.1, 0.15) is 15.9 Å². The Hall–Kier alpha value is -1.59. The second kappa shape index (κ2) is 6.24. The quantitative estimate of drug-likeness (QED) is 0.918. The highest BCUT2D eigenvalue weighted by atomic mass is 35.5. The minimum Gasteiger partial charge on any atom is -0.480 e. The Morgan fingerprint density at radius 2 is 1.90 bits per heavy atom. The Labute approximate surface area is 122 Å². The summed E-state index contributed by atoms with van der Waals surface area (Å²) in [6.07, 6.45) is 0. The van der Waals surface area contributed by atoms with Crippen molar-refractivity contribution in [1.29, 1.82) is 0 Å². The van der Waals surface area contributed by atoms with Crippen molar-refractivity contribution < 1.29 is 14.7 Å². The predicted octanol–water partition coefficient (Wildman–Crippen LogP) is 1.49. The van der Waals surface area contributed by atoms with E-state index in [0.717, 1.165) is 5.56 Å². The first-order valence-corrected chi connectivity index (χ1v) is 6.85. The molecule has 1 amide bonds. The van der Waals surface area contributed by atoms with Gasteiger partial charge < -0.3 is 10.0 Å². The van der Waals surface area contributed by atoms with Gasteiger partial charge in [0.15, 0.2) is 0 Å². The fourth-order valence-electron chi connectivity index (χ4n) is 2.31. The van der Waals surface area contributed by atoms with Gasteiger partial charge in [-0.3, -0.25) is 14.5 Å². The molecule has 1 aromatic rings. The second-order valence-corrected chi connectivity index (χ2v) is 5.28. The van der Waals surface area contributed by atoms with E-state index in [4.69, 9.17) is 16.7 Å². The number of carboxylic acid groups (broad SMARTS) is 1. The van der Waals surface area contributed by atoms with Crippen LogP contribution >= 0.6 is 11.6 Å². The van der Waals surface area contributed by atoms with Crippen molar-refractivity contribution in [2.24, 2.45) is 0 Å². The molecule has 5 nitrogen and oxygen atoms in total. The molecule has 1 N–H and O–H groups in total. The lowest BCUT2D eigenvalue weighted by Gasteiger charge is -2.34. The Balaban J connectivity index is 2.02. The standard InChI is InChI=1S/C14H17ClN2O3/c1-10-11(3-2-4-12(10)15)14(20)17-7-5-16(6-8-17)9-13(18)19/h2-4H,5-9H2,1H3,(H,18,19). The van der Waals surface area contributed by atoms with E-state index in [9.17, 15) is 9.59 Å². The molecule has 0 radical (unpaired) electrons. The van der Waals surface area contributed by atoms with Gasteiger partial charge in [-0.15, -0.1) is 0 Å². The highest BCUT2D eigenvalue weighted by molar-refractivity contribution is 6.31. The van der Waals surface area contributed by atoms with Gasteiger partial charge in [0.05, 0.1) is 6.54 Å². The molecule has 1 aliphatic heterocycles. The number of rotatable bonds is 3. The average Bonchev–Trinajstić information content (AvgIpc) is 2.41. The van der Waals surface area contributed by atoms with E-state index in [0.29, 0.717) is 36.8 Å². The minimum absolute atomic E-state index is 0.0260. The third-order valence-electron chi connectivity index (χ3n) is 3.52. The van der Waals surface area contributed by atoms with Crippen molar-refractivity contribution in [3.05, 3.63) is 34.3 Å². The van der Waals surface area contributed by atoms with Crippen LogP contribution in [-0.2, 0) is 4.79 Å². The van der Waals surface area contributed by atoms with E-state index >= 15 is 0 Å². The van der Waals surface area contributed by atoms with Gasteiger partial charge in [0.2, 0.25) is 0 Å². The van der Waals surface area contributed by atoms with Crippen molar-refractivity contribution in [2.45, 2.75) is 6.92 Å². The predicted molar refractivity (Wildman–Crippen MR) is 76.2 cm³/mol. The van der Waals surface area contributed by atoms with E-state index in [-0.39, 0.29) is 12.5 Å². The second-order valence-electron chi connectivity index (χ2n) is 4.87. The molecule has 0 aliphatic carbocycles. The van der Waals surface area contributed by atoms with Gasteiger partial charge in [-0.2, -0.15) is 0 Å². The molecule has 1 aliphatic rings. The summed E-state index contributed by atoms with van der Waals surface area (Å²) >= 11 is 6.03. The molecule has 1 heterocycles. The third-order valence-corrected chi connectivity index (χ3v) is 3.93. The molecule has 108 valence electrons. The molecular formula is C14H17ClN2O3. The first-order valence-electron chi connectivity index (χ1n) is 6.47. The van der Waals surface area contributed by atoms with Crippen LogP contribution in [0.4, 0.5) is 0 Å². The lowest BCUT2D eigenvalue weighted by molar-refractivity contribution is -0.138. The summed E-state index contributed by atoms with van der Waals surface area (Å²) in [6, 6.07) is 5.30. The van der Waals surface area contributed by atoms with Gasteiger partial charge in [0.25, 0.3) is 5.91 Å². The van der Waals surface area contributed by atoms with Crippen molar-refractivity contribution in [3.63, 3.8) is 0 Å². The molecule has 0 aromatic heterocycles. The SMILES string of the molecule is Cc1c(Cl)cccc1C(=O)N1CCN(CC(=O)O)CC1. The minimum atomic E-state index is -0.838. The topological polar surface area (TPSA) is 60.9 Å². The van der Waals surface area contributed by atoms with Crippen molar-refractivity contribution in [1.82, 2.24) is 9.80 Å². The number of nitrogens with zero attached hydrogens (tertiary/aromatic N) is 2. The van der Waals surface area contributed by atoms with Gasteiger partial charge in [-0.1, -0.05) is 17.7 Å². The Morgan fingerprint density at radius 3 is 2.50 bits per heavy atom. The number of benzene rings is 1. The number of amides is 1. The fourth-order valence-corrected chi connectivity index (χ4v) is 2.48. The summed E-state index contributed by atoms with van der Waals surface area (Å²) in [5, 5.41) is 9.33. The number of carbonyl (C=O) groups excluding carboxylic acids is 1. The Morgan fingerprint density at radius 1 is 1.25 bits per heavy atom. The zero-order valence-corrected chi connectivity index (χ0v) is 12.1. The van der Waals surface area contributed by atoms with Crippen LogP contribution in [0.25, 0.3) is 0 Å². The maximum absolute atomic E-state index is 12.4. The van der Waals surface area contributed by atoms with E-state index in [1.54, 1.807) is 23.1 Å². The van der Waals surface area contributed by atoms with Crippen molar-refractivity contribution in [3.8, 4) is 0 Å². The molecule has 1 aromatic carbocycles. The first kappa shape index (κ1) is 14.8. The molecule has 0 unspecified atom stereocenters. The van der Waals surface area contributed by atoms with E-state index in [1.807, 2.05) is 11.8 Å². The zero-order valence-electron chi connectivity index (χ0n) is 11.3. The molecule has 0 spiro atoms. The van der Waals surface area contributed by atoms with Gasteiger partial charge in [-0.25, -0.2) is 0 Å². The third kappa shape index (κ3) is 3.29. The van der Waals surface area contributed by atoms with Crippen LogP contribution in [0.2, 0.25) is 5.02 Å². The molecule has 0 saturated carbocycles. The number of piperazine rings is 1. The highest BCUT2D eigenvalue weighted by Crippen LogP contribution is 2.20. The summed E-state index contributed by atoms with van der Waals surface area (Å²) in [4.78, 5) is 26.7. The zero-order chi connectivity index (χ0) is 14.7. The first-order chi connectivity index (χ1) is 9.49. The molecule has 2 rings (SSSR count). The van der Waals surface area contributed by atoms with E-state index < -0.39 is 5.97 Å². The summed E-state index contributed by atoms with van der Waals surface area (Å²) < 4.78 is 0. The normalized spacial score (nSPS) is 16.2. The molecule has 20 heavy (non-hydrogen) atoms. The van der Waals surface area contributed by atoms with Gasteiger partial charge in [-0.05, 0) is 24.6 Å².